The van der Waals surface area contributed by atoms with E-state index in [1.165, 1.54) is 6.92 Å². The van der Waals surface area contributed by atoms with Crippen LogP contribution in [0.3, 0.4) is 0 Å². The fourth-order valence-electron chi connectivity index (χ4n) is 4.39. The van der Waals surface area contributed by atoms with Crippen molar-refractivity contribution in [1.82, 2.24) is 25.2 Å². The summed E-state index contributed by atoms with van der Waals surface area (Å²) in [5, 5.41) is 20.4. The standard InChI is InChI=1S/C28H28F5N5O2/c1-3-17-5-4-6-18(8-17)14-34-15-24(39)22(11-19-9-20(29)12-21(30)10-19)36-27(40)23-13-26-35-16(2)7-25(28(31,32)33)38(26)37-23/h4-10,12-13,22,24,34,39H,3,11,14-15H2,1-2H3,(H,36,40)/t22-,24+/m0/s1. The van der Waals surface area contributed by atoms with Crippen molar-refractivity contribution in [2.24, 2.45) is 0 Å². The van der Waals surface area contributed by atoms with Gasteiger partial charge in [0.2, 0.25) is 0 Å². The highest BCUT2D eigenvalue weighted by Gasteiger charge is 2.35. The van der Waals surface area contributed by atoms with Crippen LogP contribution in [-0.2, 0) is 25.6 Å². The molecular formula is C28H28F5N5O2. The van der Waals surface area contributed by atoms with Crippen LogP contribution in [-0.4, -0.2) is 44.3 Å². The summed E-state index contributed by atoms with van der Waals surface area (Å²) in [7, 11) is 0. The van der Waals surface area contributed by atoms with Gasteiger partial charge in [-0.25, -0.2) is 18.3 Å². The van der Waals surface area contributed by atoms with E-state index in [0.717, 1.165) is 41.8 Å². The van der Waals surface area contributed by atoms with Gasteiger partial charge in [-0.05, 0) is 54.7 Å². The lowest BCUT2D eigenvalue weighted by molar-refractivity contribution is -0.142. The fourth-order valence-corrected chi connectivity index (χ4v) is 4.39. The number of benzene rings is 2. The molecule has 0 aliphatic heterocycles. The monoisotopic (exact) mass is 561 g/mol. The van der Waals surface area contributed by atoms with Crippen LogP contribution < -0.4 is 10.6 Å². The van der Waals surface area contributed by atoms with Crippen LogP contribution in [0.2, 0.25) is 0 Å². The van der Waals surface area contributed by atoms with Gasteiger partial charge in [-0.15, -0.1) is 0 Å². The predicted octanol–water partition coefficient (Wildman–Crippen LogP) is 4.39. The first-order valence-corrected chi connectivity index (χ1v) is 12.6. The van der Waals surface area contributed by atoms with E-state index in [1.807, 2.05) is 31.2 Å². The summed E-state index contributed by atoms with van der Waals surface area (Å²) in [5.41, 5.74) is 0.731. The molecule has 0 aliphatic carbocycles. The third-order valence-corrected chi connectivity index (χ3v) is 6.32. The van der Waals surface area contributed by atoms with E-state index in [9.17, 15) is 31.9 Å². The molecule has 3 N–H and O–H groups in total. The molecule has 4 aromatic rings. The molecule has 0 radical (unpaired) electrons. The number of hydrogen-bond acceptors (Lipinski definition) is 5. The Morgan fingerprint density at radius 3 is 2.40 bits per heavy atom. The summed E-state index contributed by atoms with van der Waals surface area (Å²) >= 11 is 0. The molecule has 1 amide bonds. The van der Waals surface area contributed by atoms with Crippen molar-refractivity contribution >= 4 is 11.6 Å². The van der Waals surface area contributed by atoms with Crippen LogP contribution in [0.1, 0.15) is 45.5 Å². The number of carbonyl (C=O) groups is 1. The van der Waals surface area contributed by atoms with Crippen LogP contribution in [0.25, 0.3) is 5.65 Å². The van der Waals surface area contributed by atoms with Gasteiger partial charge in [0, 0.05) is 30.9 Å². The molecule has 2 aromatic heterocycles. The van der Waals surface area contributed by atoms with Gasteiger partial charge in [0.15, 0.2) is 11.3 Å². The molecule has 0 spiro atoms. The molecule has 2 aromatic carbocycles. The van der Waals surface area contributed by atoms with Crippen molar-refractivity contribution in [3.63, 3.8) is 0 Å². The smallest absolute Gasteiger partial charge is 0.390 e. The molecular weight excluding hydrogens is 533 g/mol. The molecule has 212 valence electrons. The number of fused-ring (bicyclic) bond motifs is 1. The lowest BCUT2D eigenvalue weighted by Crippen LogP contribution is -2.48. The number of nitrogens with one attached hydrogen (secondary N) is 2. The van der Waals surface area contributed by atoms with E-state index >= 15 is 0 Å². The van der Waals surface area contributed by atoms with Crippen LogP contribution in [0.15, 0.2) is 54.6 Å². The number of nitrogens with zero attached hydrogens (tertiary/aromatic N) is 3. The molecule has 0 fully saturated rings. The Kier molecular flexibility index (Phi) is 8.79. The van der Waals surface area contributed by atoms with Gasteiger partial charge in [0.25, 0.3) is 5.91 Å². The Balaban J connectivity index is 1.55. The van der Waals surface area contributed by atoms with Crippen LogP contribution in [0, 0.1) is 18.6 Å². The zero-order valence-corrected chi connectivity index (χ0v) is 21.8. The highest BCUT2D eigenvalue weighted by molar-refractivity contribution is 5.93. The van der Waals surface area contributed by atoms with Crippen LogP contribution in [0.4, 0.5) is 22.0 Å². The zero-order valence-electron chi connectivity index (χ0n) is 21.8. The van der Waals surface area contributed by atoms with Gasteiger partial charge in [0.05, 0.1) is 12.1 Å². The lowest BCUT2D eigenvalue weighted by Gasteiger charge is -2.24. The van der Waals surface area contributed by atoms with Gasteiger partial charge in [-0.3, -0.25) is 4.79 Å². The minimum absolute atomic E-state index is 0.00321. The number of rotatable bonds is 10. The maximum Gasteiger partial charge on any atom is 0.433 e. The van der Waals surface area contributed by atoms with E-state index in [-0.39, 0.29) is 35.6 Å². The molecule has 0 saturated carbocycles. The molecule has 40 heavy (non-hydrogen) atoms. The molecule has 0 aliphatic rings. The molecule has 2 atom stereocenters. The Hall–Kier alpha value is -3.90. The van der Waals surface area contributed by atoms with Gasteiger partial charge in [-0.2, -0.15) is 18.3 Å². The second-order valence-electron chi connectivity index (χ2n) is 9.51. The lowest BCUT2D eigenvalue weighted by atomic mass is 10.00. The number of amides is 1. The maximum atomic E-state index is 13.8. The number of aliphatic hydroxyl groups is 1. The summed E-state index contributed by atoms with van der Waals surface area (Å²) in [4.78, 5) is 17.1. The molecule has 0 bridgehead atoms. The first-order valence-electron chi connectivity index (χ1n) is 12.6. The number of aliphatic hydroxyl groups excluding tert-OH is 1. The van der Waals surface area contributed by atoms with E-state index in [2.05, 4.69) is 20.7 Å². The number of alkyl halides is 3. The van der Waals surface area contributed by atoms with Crippen LogP contribution >= 0.6 is 0 Å². The number of carbonyl (C=O) groups excluding carboxylic acids is 1. The zero-order chi connectivity index (χ0) is 29.0. The Morgan fingerprint density at radius 2 is 1.73 bits per heavy atom. The fraction of sp³-hybridized carbons (Fsp3) is 0.321. The molecule has 7 nitrogen and oxygen atoms in total. The van der Waals surface area contributed by atoms with Crippen molar-refractivity contribution in [1.29, 1.82) is 0 Å². The van der Waals surface area contributed by atoms with Gasteiger partial charge in [0.1, 0.15) is 17.3 Å². The summed E-state index contributed by atoms with van der Waals surface area (Å²) < 4.78 is 68.8. The summed E-state index contributed by atoms with van der Waals surface area (Å²) in [6.07, 6.45) is -5.27. The number of aromatic nitrogens is 3. The van der Waals surface area contributed by atoms with E-state index < -0.39 is 41.6 Å². The highest BCUT2D eigenvalue weighted by atomic mass is 19.4. The largest absolute Gasteiger partial charge is 0.433 e. The average Bonchev–Trinajstić information content (AvgIpc) is 3.30. The van der Waals surface area contributed by atoms with Crippen LogP contribution in [0.5, 0.6) is 0 Å². The SMILES string of the molecule is CCc1cccc(CNC[C@@H](O)[C@H](Cc2cc(F)cc(F)c2)NC(=O)c2cc3nc(C)cc(C(F)(F)F)n3n2)c1. The van der Waals surface area contributed by atoms with E-state index in [4.69, 9.17) is 0 Å². The second kappa shape index (κ2) is 12.1. The normalized spacial score (nSPS) is 13.4. The quantitative estimate of drug-likeness (QED) is 0.250. The van der Waals surface area contributed by atoms with Gasteiger partial charge < -0.3 is 15.7 Å². The highest BCUT2D eigenvalue weighted by Crippen LogP contribution is 2.30. The van der Waals surface area contributed by atoms with Crippen molar-refractivity contribution in [2.45, 2.75) is 51.6 Å². The summed E-state index contributed by atoms with van der Waals surface area (Å²) in [6, 6.07) is 11.5. The second-order valence-corrected chi connectivity index (χ2v) is 9.51. The molecule has 0 saturated heterocycles. The minimum Gasteiger partial charge on any atom is -0.390 e. The first kappa shape index (κ1) is 29.1. The molecule has 2 heterocycles. The third kappa shape index (κ3) is 7.19. The summed E-state index contributed by atoms with van der Waals surface area (Å²) in [6.45, 7) is 3.84. The Morgan fingerprint density at radius 1 is 1.02 bits per heavy atom. The Labute approximate surface area is 227 Å². The molecule has 0 unspecified atom stereocenters. The van der Waals surface area contributed by atoms with Crippen molar-refractivity contribution in [3.8, 4) is 0 Å². The van der Waals surface area contributed by atoms with Gasteiger partial charge >= 0.3 is 6.18 Å². The molecule has 12 heteroatoms. The predicted molar refractivity (Wildman–Crippen MR) is 138 cm³/mol. The number of aryl methyl sites for hydroxylation is 2. The number of hydrogen-bond donors (Lipinski definition) is 3. The van der Waals surface area contributed by atoms with Crippen molar-refractivity contribution in [2.75, 3.05) is 6.54 Å². The van der Waals surface area contributed by atoms with Crippen molar-refractivity contribution < 1.29 is 31.9 Å². The third-order valence-electron chi connectivity index (χ3n) is 6.32. The van der Waals surface area contributed by atoms with Crippen molar-refractivity contribution in [3.05, 3.63) is 100 Å². The van der Waals surface area contributed by atoms with E-state index in [1.54, 1.807) is 0 Å². The maximum absolute atomic E-state index is 13.8. The number of halogens is 5. The average molecular weight is 562 g/mol. The minimum atomic E-state index is -4.74. The Bertz CT molecular complexity index is 1480. The summed E-state index contributed by atoms with van der Waals surface area (Å²) in [5.74, 6) is -2.54. The van der Waals surface area contributed by atoms with Gasteiger partial charge in [-0.1, -0.05) is 31.2 Å². The topological polar surface area (TPSA) is 91.5 Å². The molecule has 4 rings (SSSR count). The first-order chi connectivity index (χ1) is 18.9. The van der Waals surface area contributed by atoms with E-state index in [0.29, 0.717) is 17.1 Å².